The van der Waals surface area contributed by atoms with Crippen LogP contribution >= 0.6 is 0 Å². The van der Waals surface area contributed by atoms with Crippen molar-refractivity contribution in [2.45, 2.75) is 0 Å². The van der Waals surface area contributed by atoms with Gasteiger partial charge in [0.05, 0.1) is 0 Å². The van der Waals surface area contributed by atoms with Gasteiger partial charge in [-0.2, -0.15) is 0 Å². The molecule has 0 unspecified atom stereocenters. The van der Waals surface area contributed by atoms with Crippen molar-refractivity contribution in [3.05, 3.63) is 0 Å². The molecular formula is H6NaO5Sb. The summed E-state index contributed by atoms with van der Waals surface area (Å²) in [5.41, 5.74) is 0. The van der Waals surface area contributed by atoms with Crippen LogP contribution in [0.5, 0.6) is 0 Å². The summed E-state index contributed by atoms with van der Waals surface area (Å²) in [5.74, 6) is 0. The van der Waals surface area contributed by atoms with Crippen molar-refractivity contribution in [1.29, 1.82) is 0 Å². The van der Waals surface area contributed by atoms with E-state index in [-0.39, 0.29) is 35.0 Å². The van der Waals surface area contributed by atoms with Crippen LogP contribution in [0.3, 0.4) is 0 Å². The van der Waals surface area contributed by atoms with Crippen molar-refractivity contribution < 1.29 is 18.6 Å². The second-order valence-electron chi connectivity index (χ2n) is 0.513. The van der Waals surface area contributed by atoms with Gasteiger partial charge in [-0.1, -0.05) is 0 Å². The summed E-state index contributed by atoms with van der Waals surface area (Å²) in [5, 5.41) is 0. The van der Waals surface area contributed by atoms with Crippen LogP contribution in [0.4, 0.5) is 0 Å². The first-order valence-corrected chi connectivity index (χ1v) is 5.25. The fraction of sp³-hybridized carbons (Fsp3) is 0. The summed E-state index contributed by atoms with van der Waals surface area (Å²) in [6.07, 6.45) is 0. The van der Waals surface area contributed by atoms with Crippen LogP contribution in [-0.2, 0) is 3.02 Å². The Balaban J connectivity index is -0.0000000800. The summed E-state index contributed by atoms with van der Waals surface area (Å²) in [6, 6.07) is 0. The van der Waals surface area contributed by atoms with Crippen LogP contribution in [0.25, 0.3) is 0 Å². The van der Waals surface area contributed by atoms with Gasteiger partial charge in [0.1, 0.15) is 0 Å². The van der Waals surface area contributed by atoms with Crippen LogP contribution in [0.1, 0.15) is 0 Å². The second kappa shape index (κ2) is 5.59. The maximum absolute atomic E-state index is 8.97. The minimum atomic E-state index is -5.35. The molecule has 42 valence electrons. The molecule has 7 heteroatoms. The maximum atomic E-state index is 8.97. The van der Waals surface area contributed by atoms with Crippen LogP contribution in [0.2, 0.25) is 0 Å². The monoisotopic (exact) mass is 230 g/mol. The van der Waals surface area contributed by atoms with Crippen LogP contribution in [0.15, 0.2) is 0 Å². The summed E-state index contributed by atoms with van der Waals surface area (Å²) >= 11 is -5.35. The average Bonchev–Trinajstić information content (AvgIpc) is 0.722. The van der Waals surface area contributed by atoms with Crippen molar-refractivity contribution in [2.24, 2.45) is 0 Å². The molecule has 0 saturated carbocycles. The molecule has 0 amide bonds. The number of hydrogen-bond donors (Lipinski definition) is 3. The molecule has 0 spiro atoms. The average molecular weight is 231 g/mol. The Bertz CT molecular complexity index is 54.2. The number of rotatable bonds is 0. The van der Waals surface area contributed by atoms with E-state index < -0.39 is 20.1 Å². The molecule has 0 aromatic heterocycles. The molecule has 0 radical (unpaired) electrons. The molecule has 0 aromatic rings. The van der Waals surface area contributed by atoms with E-state index in [1.165, 1.54) is 0 Å². The Morgan fingerprint density at radius 3 is 1.14 bits per heavy atom. The van der Waals surface area contributed by atoms with E-state index in [2.05, 4.69) is 0 Å². The van der Waals surface area contributed by atoms with Crippen molar-refractivity contribution in [2.75, 3.05) is 0 Å². The first-order chi connectivity index (χ1) is 2.00. The molecule has 5 N–H and O–H groups in total. The van der Waals surface area contributed by atoms with Crippen molar-refractivity contribution in [3.63, 3.8) is 0 Å². The van der Waals surface area contributed by atoms with Gasteiger partial charge in [-0.15, -0.1) is 0 Å². The standard InChI is InChI=1S/Na.4H2O.O.Sb.H/h;4*1H2;;;/q;;;;;;+3;/p-3. The summed E-state index contributed by atoms with van der Waals surface area (Å²) in [4.78, 5) is 0. The van der Waals surface area contributed by atoms with E-state index in [1.54, 1.807) is 0 Å². The normalized spacial score (nSPS) is 8.43. The fourth-order valence-electron chi connectivity index (χ4n) is 0. The molecule has 0 heterocycles. The molecule has 0 aromatic carbocycles. The molecule has 0 rings (SSSR count). The van der Waals surface area contributed by atoms with Gasteiger partial charge >= 0.3 is 62.8 Å². The molecule has 0 aliphatic rings. The Kier molecular flexibility index (Phi) is 12.6. The molecule has 0 fully saturated rings. The SMILES string of the molecule is O.[NaH].[O]=[Sb]([OH])([OH])[OH]. The van der Waals surface area contributed by atoms with Crippen molar-refractivity contribution >= 4 is 49.6 Å². The van der Waals surface area contributed by atoms with Gasteiger partial charge in [0.25, 0.3) is 0 Å². The first kappa shape index (κ1) is 15.8. The van der Waals surface area contributed by atoms with Crippen LogP contribution in [-0.4, -0.2) is 65.2 Å². The Morgan fingerprint density at radius 1 is 1.14 bits per heavy atom. The summed E-state index contributed by atoms with van der Waals surface area (Å²) < 4.78 is 30.8. The van der Waals surface area contributed by atoms with Crippen molar-refractivity contribution in [3.8, 4) is 0 Å². The molecule has 7 heavy (non-hydrogen) atoms. The van der Waals surface area contributed by atoms with E-state index in [0.717, 1.165) is 0 Å². The minimum absolute atomic E-state index is 0. The third kappa shape index (κ3) is 104. The summed E-state index contributed by atoms with van der Waals surface area (Å²) in [7, 11) is 0. The molecule has 0 bridgehead atoms. The Hall–Kier alpha value is 1.46. The van der Waals surface area contributed by atoms with Gasteiger partial charge in [0.2, 0.25) is 0 Å². The van der Waals surface area contributed by atoms with E-state index in [9.17, 15) is 0 Å². The van der Waals surface area contributed by atoms with Crippen molar-refractivity contribution in [1.82, 2.24) is 0 Å². The quantitative estimate of drug-likeness (QED) is 0.373. The summed E-state index contributed by atoms with van der Waals surface area (Å²) in [6.45, 7) is 0. The fourth-order valence-corrected chi connectivity index (χ4v) is 0. The molecule has 5 nitrogen and oxygen atoms in total. The van der Waals surface area contributed by atoms with Gasteiger partial charge in [-0.05, 0) is 0 Å². The Labute approximate surface area is 67.7 Å². The van der Waals surface area contributed by atoms with Gasteiger partial charge < -0.3 is 5.48 Å². The van der Waals surface area contributed by atoms with Gasteiger partial charge in [0.15, 0.2) is 0 Å². The van der Waals surface area contributed by atoms with Gasteiger partial charge in [-0.25, -0.2) is 0 Å². The first-order valence-electron chi connectivity index (χ1n) is 0.783. The van der Waals surface area contributed by atoms with Crippen LogP contribution < -0.4 is 0 Å². The van der Waals surface area contributed by atoms with Gasteiger partial charge in [0, 0.05) is 0 Å². The van der Waals surface area contributed by atoms with Gasteiger partial charge in [-0.3, -0.25) is 0 Å². The zero-order valence-corrected chi connectivity index (χ0v) is 5.25. The molecule has 0 aliphatic heterocycles. The predicted molar refractivity (Wildman–Crippen MR) is 23.9 cm³/mol. The predicted octanol–water partition coefficient (Wildman–Crippen LogP) is -3.64. The van der Waals surface area contributed by atoms with E-state index in [4.69, 9.17) is 13.2 Å². The molecule has 0 atom stereocenters. The third-order valence-corrected chi connectivity index (χ3v) is 0. The third-order valence-electron chi connectivity index (χ3n) is 0. The zero-order chi connectivity index (χ0) is 4.50. The van der Waals surface area contributed by atoms with E-state index in [0.29, 0.717) is 0 Å². The molecule has 0 aliphatic carbocycles. The topological polar surface area (TPSA) is 109 Å². The zero-order valence-electron chi connectivity index (χ0n) is 2.70. The molecular weight excluding hydrogens is 225 g/mol. The second-order valence-corrected chi connectivity index (χ2v) is 3.44. The number of hydrogen-bond acceptors (Lipinski definition) is 1. The van der Waals surface area contributed by atoms with E-state index >= 15 is 0 Å². The van der Waals surface area contributed by atoms with E-state index in [1.807, 2.05) is 0 Å². The van der Waals surface area contributed by atoms with Crippen LogP contribution in [0, 0.1) is 0 Å². The molecule has 0 saturated heterocycles. The Morgan fingerprint density at radius 2 is 1.14 bits per heavy atom.